The van der Waals surface area contributed by atoms with E-state index in [1.165, 1.54) is 47.2 Å². The van der Waals surface area contributed by atoms with E-state index in [9.17, 15) is 8.96 Å². The first-order valence-electron chi connectivity index (χ1n) is 13.0. The molecular weight excluding hydrogens is 531 g/mol. The maximum atomic E-state index is 15.3. The maximum absolute atomic E-state index is 15.3. The zero-order valence-electron chi connectivity index (χ0n) is 22.0. The zero-order valence-corrected chi connectivity index (χ0v) is 22.9. The molecule has 11 nitrogen and oxygen atoms in total. The number of phosphoric acid groups is 1. The number of halogens is 2. The van der Waals surface area contributed by atoms with Crippen molar-refractivity contribution in [2.45, 2.75) is 77.0 Å². The van der Waals surface area contributed by atoms with Crippen LogP contribution >= 0.6 is 7.82 Å². The average molecular weight is 566 g/mol. The third kappa shape index (κ3) is 9.58. The van der Waals surface area contributed by atoms with E-state index in [-0.39, 0.29) is 38.3 Å². The van der Waals surface area contributed by atoms with E-state index in [1.807, 2.05) is 6.07 Å². The summed E-state index contributed by atoms with van der Waals surface area (Å²) in [4.78, 5) is 7.86. The molecule has 0 aliphatic heterocycles. The summed E-state index contributed by atoms with van der Waals surface area (Å²) in [6, 6.07) is 4.90. The lowest BCUT2D eigenvalue weighted by atomic mass is 9.93. The number of hydrogen-bond acceptors (Lipinski definition) is 9. The fourth-order valence-corrected chi connectivity index (χ4v) is 5.57. The third-order valence-electron chi connectivity index (χ3n) is 5.94. The van der Waals surface area contributed by atoms with Gasteiger partial charge in [0.1, 0.15) is 42.5 Å². The van der Waals surface area contributed by atoms with Gasteiger partial charge in [-0.3, -0.25) is 13.6 Å². The number of nitrogens with zero attached hydrogens (tertiary/aromatic N) is 7. The molecule has 0 fully saturated rings. The van der Waals surface area contributed by atoms with Gasteiger partial charge in [0, 0.05) is 11.6 Å². The lowest BCUT2D eigenvalue weighted by Crippen LogP contribution is -2.40. The molecule has 1 atom stereocenters. The molecule has 0 aliphatic rings. The second-order valence-corrected chi connectivity index (χ2v) is 10.6. The van der Waals surface area contributed by atoms with Gasteiger partial charge in [0.2, 0.25) is 0 Å². The van der Waals surface area contributed by atoms with Crippen LogP contribution in [0.4, 0.5) is 8.78 Å². The van der Waals surface area contributed by atoms with Crippen molar-refractivity contribution in [2.75, 3.05) is 13.2 Å². The van der Waals surface area contributed by atoms with Crippen molar-refractivity contribution in [2.24, 2.45) is 0 Å². The molecule has 0 bridgehead atoms. The van der Waals surface area contributed by atoms with E-state index in [0.717, 1.165) is 38.2 Å². The van der Waals surface area contributed by atoms with Crippen LogP contribution in [0.25, 0.3) is 0 Å². The lowest BCUT2D eigenvalue weighted by molar-refractivity contribution is -0.0257. The topological polar surface area (TPSA) is 130 Å². The fourth-order valence-electron chi connectivity index (χ4n) is 4.08. The molecule has 0 radical (unpaired) electrons. The van der Waals surface area contributed by atoms with Gasteiger partial charge in [0.05, 0.1) is 38.8 Å². The molecule has 14 heteroatoms. The van der Waals surface area contributed by atoms with Crippen LogP contribution in [0.15, 0.2) is 43.5 Å². The van der Waals surface area contributed by atoms with E-state index in [1.54, 1.807) is 0 Å². The number of aromatic nitrogens is 6. The van der Waals surface area contributed by atoms with Crippen molar-refractivity contribution in [3.05, 3.63) is 60.7 Å². The standard InChI is InChI=1S/C25H34F2N7O4P/c1-2-3-4-5-6-7-8-13-36-39(35,37-14-9-12-28)38-25(16-33-20-29-18-31-33,17-34-21-30-19-32-34)23-11-10-22(26)15-24(23)27/h10-11,15,18-21H,2-9,13-14,16-17H2,1H3. The summed E-state index contributed by atoms with van der Waals surface area (Å²) in [5.74, 6) is -1.74. The van der Waals surface area contributed by atoms with Crippen LogP contribution in [0.5, 0.6) is 0 Å². The summed E-state index contributed by atoms with van der Waals surface area (Å²) < 4.78 is 63.3. The number of hydrogen-bond donors (Lipinski definition) is 0. The van der Waals surface area contributed by atoms with Crippen LogP contribution in [-0.2, 0) is 36.8 Å². The van der Waals surface area contributed by atoms with Gasteiger partial charge in [0.15, 0.2) is 0 Å². The second kappa shape index (κ2) is 15.5. The summed E-state index contributed by atoms with van der Waals surface area (Å²) in [5.41, 5.74) is -1.94. The van der Waals surface area contributed by atoms with Gasteiger partial charge >= 0.3 is 7.82 Å². The van der Waals surface area contributed by atoms with E-state index >= 15 is 4.39 Å². The van der Waals surface area contributed by atoms with Crippen molar-refractivity contribution in [1.82, 2.24) is 29.5 Å². The molecule has 0 saturated carbocycles. The number of phosphoric ester groups is 1. The smallest absolute Gasteiger partial charge is 0.287 e. The highest BCUT2D eigenvalue weighted by Gasteiger charge is 2.46. The van der Waals surface area contributed by atoms with E-state index in [2.05, 4.69) is 27.1 Å². The van der Waals surface area contributed by atoms with Gasteiger partial charge in [-0.25, -0.2) is 32.7 Å². The molecule has 1 aromatic carbocycles. The minimum Gasteiger partial charge on any atom is -0.287 e. The van der Waals surface area contributed by atoms with Crippen molar-refractivity contribution in [3.8, 4) is 6.07 Å². The van der Waals surface area contributed by atoms with Crippen molar-refractivity contribution < 1.29 is 26.9 Å². The van der Waals surface area contributed by atoms with Gasteiger partial charge < -0.3 is 0 Å². The molecule has 0 N–H and O–H groups in total. The minimum absolute atomic E-state index is 0.0617. The Bertz CT molecular complexity index is 1170. The van der Waals surface area contributed by atoms with E-state index in [4.69, 9.17) is 18.8 Å². The third-order valence-corrected chi connectivity index (χ3v) is 7.51. The number of nitriles is 1. The van der Waals surface area contributed by atoms with Crippen molar-refractivity contribution >= 4 is 7.82 Å². The Morgan fingerprint density at radius 2 is 1.56 bits per heavy atom. The molecule has 3 rings (SSSR count). The van der Waals surface area contributed by atoms with Crippen LogP contribution in [0, 0.1) is 23.0 Å². The van der Waals surface area contributed by atoms with Crippen molar-refractivity contribution in [3.63, 3.8) is 0 Å². The number of unbranched alkanes of at least 4 members (excludes halogenated alkanes) is 6. The Kier molecular flexibility index (Phi) is 12.1. The van der Waals surface area contributed by atoms with Gasteiger partial charge in [-0.05, 0) is 12.5 Å². The molecule has 1 unspecified atom stereocenters. The molecule has 39 heavy (non-hydrogen) atoms. The second-order valence-electron chi connectivity index (χ2n) is 9.04. The molecule has 212 valence electrons. The summed E-state index contributed by atoms with van der Waals surface area (Å²) in [7, 11) is -4.41. The highest BCUT2D eigenvalue weighted by Crippen LogP contribution is 2.56. The first-order valence-corrected chi connectivity index (χ1v) is 14.4. The zero-order chi connectivity index (χ0) is 28.0. The maximum Gasteiger partial charge on any atom is 0.475 e. The highest BCUT2D eigenvalue weighted by atomic mass is 31.2. The number of rotatable bonds is 19. The fraction of sp³-hybridized carbons (Fsp3) is 0.560. The van der Waals surface area contributed by atoms with Gasteiger partial charge in [0.25, 0.3) is 0 Å². The minimum atomic E-state index is -4.41. The largest absolute Gasteiger partial charge is 0.475 e. The Morgan fingerprint density at radius 1 is 0.949 bits per heavy atom. The van der Waals surface area contributed by atoms with Crippen LogP contribution in [-0.4, -0.2) is 42.7 Å². The van der Waals surface area contributed by atoms with Crippen LogP contribution in [0.1, 0.15) is 63.9 Å². The predicted octanol–water partition coefficient (Wildman–Crippen LogP) is 5.57. The number of benzene rings is 1. The summed E-state index contributed by atoms with van der Waals surface area (Å²) in [6.45, 7) is 1.57. The Labute approximate surface area is 226 Å². The Morgan fingerprint density at radius 3 is 2.13 bits per heavy atom. The molecule has 0 amide bonds. The van der Waals surface area contributed by atoms with Crippen LogP contribution in [0.3, 0.4) is 0 Å². The molecule has 0 aliphatic carbocycles. The predicted molar refractivity (Wildman–Crippen MR) is 137 cm³/mol. The normalized spacial score (nSPS) is 13.3. The van der Waals surface area contributed by atoms with Gasteiger partial charge in [-0.15, -0.1) is 0 Å². The molecule has 3 aromatic rings. The Hall–Kier alpha value is -3.04. The first kappa shape index (κ1) is 30.5. The van der Waals surface area contributed by atoms with Gasteiger partial charge in [-0.1, -0.05) is 51.5 Å². The average Bonchev–Trinajstić information content (AvgIpc) is 3.60. The highest BCUT2D eigenvalue weighted by molar-refractivity contribution is 7.48. The first-order chi connectivity index (χ1) is 18.9. The Balaban J connectivity index is 1.92. The summed E-state index contributed by atoms with van der Waals surface area (Å²) >= 11 is 0. The van der Waals surface area contributed by atoms with E-state index < -0.39 is 25.1 Å². The molecular formula is C25H34F2N7O4P. The lowest BCUT2D eigenvalue weighted by Gasteiger charge is -2.36. The SMILES string of the molecule is CCCCCCCCCOP(=O)(OCCC#N)OC(Cn1cncn1)(Cn1cncn1)c1ccc(F)cc1F. The van der Waals surface area contributed by atoms with Crippen LogP contribution in [0.2, 0.25) is 0 Å². The molecule has 2 heterocycles. The van der Waals surface area contributed by atoms with Gasteiger partial charge in [-0.2, -0.15) is 15.5 Å². The molecule has 0 saturated heterocycles. The summed E-state index contributed by atoms with van der Waals surface area (Å²) in [6.07, 6.45) is 12.3. The summed E-state index contributed by atoms with van der Waals surface area (Å²) in [5, 5.41) is 17.2. The van der Waals surface area contributed by atoms with Crippen molar-refractivity contribution in [1.29, 1.82) is 5.26 Å². The van der Waals surface area contributed by atoms with Crippen LogP contribution < -0.4 is 0 Å². The molecule has 2 aromatic heterocycles. The monoisotopic (exact) mass is 565 g/mol. The quantitative estimate of drug-likeness (QED) is 0.135. The van der Waals surface area contributed by atoms with E-state index in [0.29, 0.717) is 12.5 Å². The molecule has 0 spiro atoms.